The molecule has 2 aromatic carbocycles. The first kappa shape index (κ1) is 15.5. The molecule has 1 aliphatic rings. The van der Waals surface area contributed by atoms with E-state index in [1.54, 1.807) is 6.08 Å². The molecule has 0 saturated heterocycles. The van der Waals surface area contributed by atoms with Crippen LogP contribution in [0.1, 0.15) is 37.8 Å². The summed E-state index contributed by atoms with van der Waals surface area (Å²) in [7, 11) is 0. The minimum absolute atomic E-state index is 0.200. The van der Waals surface area contributed by atoms with Crippen molar-refractivity contribution in [1.29, 1.82) is 0 Å². The van der Waals surface area contributed by atoms with Gasteiger partial charge in [0.15, 0.2) is 0 Å². The van der Waals surface area contributed by atoms with Crippen LogP contribution in [0, 0.1) is 5.92 Å². The van der Waals surface area contributed by atoms with E-state index >= 15 is 0 Å². The van der Waals surface area contributed by atoms with Crippen LogP contribution in [0.3, 0.4) is 0 Å². The van der Waals surface area contributed by atoms with Crippen molar-refractivity contribution < 1.29 is 9.53 Å². The maximum Gasteiger partial charge on any atom is 0.331 e. The van der Waals surface area contributed by atoms with Gasteiger partial charge in [0.1, 0.15) is 0 Å². The summed E-state index contributed by atoms with van der Waals surface area (Å²) in [6.07, 6.45) is 1.68. The Labute approximate surface area is 137 Å². The van der Waals surface area contributed by atoms with Gasteiger partial charge in [0, 0.05) is 12.0 Å². The monoisotopic (exact) mass is 306 g/mol. The fourth-order valence-electron chi connectivity index (χ4n) is 3.51. The summed E-state index contributed by atoms with van der Waals surface area (Å²) in [4.78, 5) is 12.1. The fraction of sp³-hybridized carbons (Fsp3) is 0.286. The highest BCUT2D eigenvalue weighted by Gasteiger charge is 2.31. The number of carbonyl (C=O) groups excluding carboxylic acids is 1. The zero-order valence-corrected chi connectivity index (χ0v) is 13.9. The molecule has 0 saturated carbocycles. The van der Waals surface area contributed by atoms with Crippen LogP contribution >= 0.6 is 0 Å². The van der Waals surface area contributed by atoms with Crippen molar-refractivity contribution in [1.82, 2.24) is 0 Å². The van der Waals surface area contributed by atoms with Gasteiger partial charge in [0.2, 0.25) is 0 Å². The van der Waals surface area contributed by atoms with Crippen LogP contribution in [0.4, 0.5) is 0 Å². The SMILES string of the molecule is CCOC(=O)/C=C1\c2ccccc2-c2ccccc2C1C(C)C. The zero-order valence-electron chi connectivity index (χ0n) is 13.9. The third-order valence-electron chi connectivity index (χ3n) is 4.39. The molecular formula is C21H22O2. The first-order valence-electron chi connectivity index (χ1n) is 8.20. The minimum Gasteiger partial charge on any atom is -0.463 e. The van der Waals surface area contributed by atoms with Crippen molar-refractivity contribution in [2.45, 2.75) is 26.7 Å². The second kappa shape index (κ2) is 6.41. The van der Waals surface area contributed by atoms with Gasteiger partial charge < -0.3 is 4.74 Å². The van der Waals surface area contributed by atoms with E-state index in [-0.39, 0.29) is 11.9 Å². The van der Waals surface area contributed by atoms with Crippen molar-refractivity contribution >= 4 is 11.5 Å². The van der Waals surface area contributed by atoms with Gasteiger partial charge in [-0.15, -0.1) is 0 Å². The molecule has 0 N–H and O–H groups in total. The Balaban J connectivity index is 2.24. The maximum atomic E-state index is 12.1. The Kier molecular flexibility index (Phi) is 4.33. The quantitative estimate of drug-likeness (QED) is 0.585. The first-order chi connectivity index (χ1) is 11.1. The van der Waals surface area contributed by atoms with Gasteiger partial charge in [0.25, 0.3) is 0 Å². The zero-order chi connectivity index (χ0) is 16.4. The third-order valence-corrected chi connectivity index (χ3v) is 4.39. The van der Waals surface area contributed by atoms with E-state index in [2.05, 4.69) is 50.2 Å². The van der Waals surface area contributed by atoms with Crippen LogP contribution in [-0.4, -0.2) is 12.6 Å². The molecule has 2 nitrogen and oxygen atoms in total. The van der Waals surface area contributed by atoms with Gasteiger partial charge in [-0.3, -0.25) is 0 Å². The molecule has 2 heteroatoms. The molecule has 1 aliphatic carbocycles. The number of ether oxygens (including phenoxy) is 1. The van der Waals surface area contributed by atoms with E-state index in [4.69, 9.17) is 4.74 Å². The number of fused-ring (bicyclic) bond motifs is 3. The number of allylic oxidation sites excluding steroid dienone is 1. The van der Waals surface area contributed by atoms with Crippen molar-refractivity contribution in [2.75, 3.05) is 6.61 Å². The number of hydrogen-bond acceptors (Lipinski definition) is 2. The maximum absolute atomic E-state index is 12.1. The predicted molar refractivity (Wildman–Crippen MR) is 94.1 cm³/mol. The lowest BCUT2D eigenvalue weighted by atomic mass is 9.71. The Morgan fingerprint density at radius 3 is 2.30 bits per heavy atom. The molecular weight excluding hydrogens is 284 g/mol. The largest absolute Gasteiger partial charge is 0.463 e. The minimum atomic E-state index is -0.262. The molecule has 1 atom stereocenters. The smallest absolute Gasteiger partial charge is 0.331 e. The summed E-state index contributed by atoms with van der Waals surface area (Å²) in [5, 5.41) is 0. The van der Waals surface area contributed by atoms with E-state index in [1.165, 1.54) is 16.7 Å². The standard InChI is InChI=1S/C21H22O2/c1-4-23-20(22)13-19-17-11-6-5-9-15(17)16-10-7-8-12-18(16)21(19)14(2)3/h5-14,21H,4H2,1-3H3/b19-13+. The lowest BCUT2D eigenvalue weighted by Gasteiger charge is -2.33. The van der Waals surface area contributed by atoms with Crippen LogP contribution in [0.2, 0.25) is 0 Å². The number of carbonyl (C=O) groups is 1. The summed E-state index contributed by atoms with van der Waals surface area (Å²) in [5.41, 5.74) is 5.95. The molecule has 0 aromatic heterocycles. The van der Waals surface area contributed by atoms with Gasteiger partial charge in [-0.05, 0) is 40.7 Å². The molecule has 118 valence electrons. The van der Waals surface area contributed by atoms with Crippen molar-refractivity contribution in [3.63, 3.8) is 0 Å². The molecule has 0 amide bonds. The van der Waals surface area contributed by atoms with Crippen LogP contribution in [0.25, 0.3) is 16.7 Å². The number of benzene rings is 2. The van der Waals surface area contributed by atoms with Crippen LogP contribution in [-0.2, 0) is 9.53 Å². The Morgan fingerprint density at radius 1 is 1.04 bits per heavy atom. The molecule has 0 aliphatic heterocycles. The summed E-state index contributed by atoms with van der Waals surface area (Å²) >= 11 is 0. The number of hydrogen-bond donors (Lipinski definition) is 0. The lowest BCUT2D eigenvalue weighted by molar-refractivity contribution is -0.137. The summed E-state index contributed by atoms with van der Waals surface area (Å²) in [6, 6.07) is 16.8. The molecule has 0 bridgehead atoms. The number of rotatable bonds is 3. The van der Waals surface area contributed by atoms with Crippen LogP contribution in [0.15, 0.2) is 54.6 Å². The number of esters is 1. The molecule has 0 heterocycles. The molecule has 0 spiro atoms. The molecule has 1 unspecified atom stereocenters. The average Bonchev–Trinajstić information content (AvgIpc) is 2.55. The molecule has 3 rings (SSSR count). The van der Waals surface area contributed by atoms with Gasteiger partial charge in [-0.1, -0.05) is 62.4 Å². The van der Waals surface area contributed by atoms with E-state index < -0.39 is 0 Å². The molecule has 2 aromatic rings. The van der Waals surface area contributed by atoms with Gasteiger partial charge in [0.05, 0.1) is 6.61 Å². The Hall–Kier alpha value is -2.35. The molecule has 0 radical (unpaired) electrons. The summed E-state index contributed by atoms with van der Waals surface area (Å²) < 4.78 is 5.16. The Bertz CT molecular complexity index is 756. The molecule has 0 fully saturated rings. The van der Waals surface area contributed by atoms with Crippen LogP contribution in [0.5, 0.6) is 0 Å². The van der Waals surface area contributed by atoms with Gasteiger partial charge in [-0.25, -0.2) is 4.79 Å². The highest BCUT2D eigenvalue weighted by atomic mass is 16.5. The summed E-state index contributed by atoms with van der Waals surface area (Å²) in [6.45, 7) is 6.64. The second-order valence-corrected chi connectivity index (χ2v) is 6.21. The summed E-state index contributed by atoms with van der Waals surface area (Å²) in [5.74, 6) is 0.332. The van der Waals surface area contributed by atoms with Crippen molar-refractivity contribution in [3.8, 4) is 11.1 Å². The predicted octanol–water partition coefficient (Wildman–Crippen LogP) is 5.05. The third kappa shape index (κ3) is 2.81. The second-order valence-electron chi connectivity index (χ2n) is 6.21. The van der Waals surface area contributed by atoms with E-state index in [0.717, 1.165) is 11.1 Å². The normalized spacial score (nSPS) is 17.7. The Morgan fingerprint density at radius 2 is 1.65 bits per heavy atom. The van der Waals surface area contributed by atoms with E-state index in [1.807, 2.05) is 19.1 Å². The van der Waals surface area contributed by atoms with Gasteiger partial charge in [-0.2, -0.15) is 0 Å². The van der Waals surface area contributed by atoms with Crippen molar-refractivity contribution in [3.05, 3.63) is 65.7 Å². The highest BCUT2D eigenvalue weighted by molar-refractivity contribution is 5.99. The van der Waals surface area contributed by atoms with E-state index in [9.17, 15) is 4.79 Å². The first-order valence-corrected chi connectivity index (χ1v) is 8.20. The highest BCUT2D eigenvalue weighted by Crippen LogP contribution is 2.49. The molecule has 23 heavy (non-hydrogen) atoms. The van der Waals surface area contributed by atoms with Crippen LogP contribution < -0.4 is 0 Å². The van der Waals surface area contributed by atoms with E-state index in [0.29, 0.717) is 12.5 Å². The van der Waals surface area contributed by atoms with Crippen molar-refractivity contribution in [2.24, 2.45) is 5.92 Å². The fourth-order valence-corrected chi connectivity index (χ4v) is 3.51. The van der Waals surface area contributed by atoms with Gasteiger partial charge >= 0.3 is 5.97 Å². The topological polar surface area (TPSA) is 26.3 Å². The average molecular weight is 306 g/mol. The lowest BCUT2D eigenvalue weighted by Crippen LogP contribution is -2.17.